The first kappa shape index (κ1) is 13.2. The Labute approximate surface area is 111 Å². The highest BCUT2D eigenvalue weighted by molar-refractivity contribution is 7.39. The van der Waals surface area contributed by atoms with Crippen molar-refractivity contribution in [3.05, 3.63) is 54.2 Å². The van der Waals surface area contributed by atoms with Gasteiger partial charge in [0.1, 0.15) is 0 Å². The number of hydrogen-bond donors (Lipinski definition) is 0. The Bertz CT molecular complexity index is 500. The molecule has 2 rings (SSSR count). The van der Waals surface area contributed by atoms with Crippen LogP contribution in [0, 0.1) is 0 Å². The third-order valence-corrected chi connectivity index (χ3v) is 4.39. The van der Waals surface area contributed by atoms with Crippen LogP contribution in [0.2, 0.25) is 0 Å². The van der Waals surface area contributed by atoms with Gasteiger partial charge in [0, 0.05) is 11.8 Å². The zero-order valence-corrected chi connectivity index (χ0v) is 12.3. The van der Waals surface area contributed by atoms with Gasteiger partial charge >= 0.3 is 0 Å². The summed E-state index contributed by atoms with van der Waals surface area (Å²) in [4.78, 5) is 4.46. The standard InChI is InChI=1S/C16H20NP/c1-16(2,3)18-12-13-8-4-5-9-14(13)15-10-6-7-11-17-15/h4-11,18H,12H2,1-3H3. The lowest BCUT2D eigenvalue weighted by atomic mass is 10.1. The van der Waals surface area contributed by atoms with Crippen LogP contribution < -0.4 is 0 Å². The van der Waals surface area contributed by atoms with Crippen LogP contribution in [0.25, 0.3) is 11.3 Å². The van der Waals surface area contributed by atoms with Crippen LogP contribution in [0.1, 0.15) is 26.3 Å². The lowest BCUT2D eigenvalue weighted by molar-refractivity contribution is 0.792. The normalized spacial score (nSPS) is 12.2. The monoisotopic (exact) mass is 257 g/mol. The molecule has 0 aliphatic heterocycles. The summed E-state index contributed by atoms with van der Waals surface area (Å²) in [5.41, 5.74) is 3.76. The summed E-state index contributed by atoms with van der Waals surface area (Å²) in [6, 6.07) is 14.7. The number of benzene rings is 1. The number of nitrogens with zero attached hydrogens (tertiary/aromatic N) is 1. The van der Waals surface area contributed by atoms with Gasteiger partial charge in [-0.25, -0.2) is 0 Å². The quantitative estimate of drug-likeness (QED) is 0.725. The minimum atomic E-state index is 0.400. The molecule has 0 N–H and O–H groups in total. The topological polar surface area (TPSA) is 12.9 Å². The van der Waals surface area contributed by atoms with Gasteiger partial charge in [-0.1, -0.05) is 51.1 Å². The average Bonchev–Trinajstić information content (AvgIpc) is 2.37. The summed E-state index contributed by atoms with van der Waals surface area (Å²) in [7, 11) is 0.933. The SMILES string of the molecule is CC(C)(C)PCc1ccccc1-c1ccccn1. The van der Waals surface area contributed by atoms with E-state index in [1.54, 1.807) is 0 Å². The molecule has 0 bridgehead atoms. The van der Waals surface area contributed by atoms with E-state index in [0.717, 1.165) is 20.4 Å². The molecule has 2 aromatic rings. The van der Waals surface area contributed by atoms with E-state index < -0.39 is 0 Å². The van der Waals surface area contributed by atoms with E-state index in [-0.39, 0.29) is 0 Å². The number of pyridine rings is 1. The molecule has 1 aromatic heterocycles. The van der Waals surface area contributed by atoms with Gasteiger partial charge in [0.05, 0.1) is 5.69 Å². The maximum Gasteiger partial charge on any atom is 0.0704 e. The van der Waals surface area contributed by atoms with Crippen molar-refractivity contribution in [1.29, 1.82) is 0 Å². The molecule has 18 heavy (non-hydrogen) atoms. The smallest absolute Gasteiger partial charge is 0.0704 e. The lowest BCUT2D eigenvalue weighted by Crippen LogP contribution is -2.05. The Morgan fingerprint density at radius 1 is 1.00 bits per heavy atom. The van der Waals surface area contributed by atoms with E-state index in [0.29, 0.717) is 5.16 Å². The summed E-state index contributed by atoms with van der Waals surface area (Å²) >= 11 is 0. The maximum absolute atomic E-state index is 4.46. The highest BCUT2D eigenvalue weighted by Crippen LogP contribution is 2.36. The maximum atomic E-state index is 4.46. The van der Waals surface area contributed by atoms with Gasteiger partial charge in [-0.15, -0.1) is 8.58 Å². The van der Waals surface area contributed by atoms with Crippen molar-refractivity contribution in [3.63, 3.8) is 0 Å². The summed E-state index contributed by atoms with van der Waals surface area (Å²) in [6.07, 6.45) is 2.99. The fourth-order valence-electron chi connectivity index (χ4n) is 1.81. The Kier molecular flexibility index (Phi) is 4.14. The Morgan fingerprint density at radius 3 is 2.39 bits per heavy atom. The molecular weight excluding hydrogens is 237 g/mol. The predicted molar refractivity (Wildman–Crippen MR) is 81.4 cm³/mol. The highest BCUT2D eigenvalue weighted by Gasteiger charge is 2.12. The van der Waals surface area contributed by atoms with Crippen LogP contribution in [0.5, 0.6) is 0 Å². The zero-order valence-electron chi connectivity index (χ0n) is 11.3. The van der Waals surface area contributed by atoms with Crippen molar-refractivity contribution in [3.8, 4) is 11.3 Å². The molecule has 0 amide bonds. The van der Waals surface area contributed by atoms with Crippen LogP contribution in [-0.4, -0.2) is 10.1 Å². The van der Waals surface area contributed by atoms with Crippen LogP contribution in [0.3, 0.4) is 0 Å². The van der Waals surface area contributed by atoms with E-state index in [4.69, 9.17) is 0 Å². The van der Waals surface area contributed by atoms with Gasteiger partial charge < -0.3 is 0 Å². The van der Waals surface area contributed by atoms with Crippen LogP contribution in [-0.2, 0) is 6.16 Å². The molecule has 1 nitrogen and oxygen atoms in total. The second kappa shape index (κ2) is 5.63. The first-order valence-electron chi connectivity index (χ1n) is 6.30. The number of aromatic nitrogens is 1. The molecule has 0 spiro atoms. The van der Waals surface area contributed by atoms with Gasteiger partial charge in [-0.3, -0.25) is 4.98 Å². The van der Waals surface area contributed by atoms with Crippen LogP contribution >= 0.6 is 8.58 Å². The Balaban J connectivity index is 2.27. The minimum Gasteiger partial charge on any atom is -0.256 e. The highest BCUT2D eigenvalue weighted by atomic mass is 31.1. The molecule has 0 saturated heterocycles. The summed E-state index contributed by atoms with van der Waals surface area (Å²) in [5, 5.41) is 0.400. The van der Waals surface area contributed by atoms with Crippen molar-refractivity contribution in [2.75, 3.05) is 0 Å². The van der Waals surface area contributed by atoms with Crippen molar-refractivity contribution in [2.45, 2.75) is 32.1 Å². The molecule has 1 heterocycles. The third-order valence-electron chi connectivity index (χ3n) is 2.77. The lowest BCUT2D eigenvalue weighted by Gasteiger charge is -2.19. The van der Waals surface area contributed by atoms with Crippen LogP contribution in [0.4, 0.5) is 0 Å². The molecule has 1 aromatic carbocycles. The largest absolute Gasteiger partial charge is 0.256 e. The zero-order chi connectivity index (χ0) is 13.0. The number of rotatable bonds is 3. The van der Waals surface area contributed by atoms with E-state index >= 15 is 0 Å². The Hall–Kier alpha value is -1.20. The molecular formula is C16H20NP. The molecule has 2 heteroatoms. The molecule has 0 radical (unpaired) electrons. The Morgan fingerprint density at radius 2 is 1.72 bits per heavy atom. The van der Waals surface area contributed by atoms with Gasteiger partial charge in [0.2, 0.25) is 0 Å². The first-order valence-corrected chi connectivity index (χ1v) is 7.51. The molecule has 0 aliphatic carbocycles. The first-order chi connectivity index (χ1) is 8.56. The van der Waals surface area contributed by atoms with Gasteiger partial charge in [0.25, 0.3) is 0 Å². The summed E-state index contributed by atoms with van der Waals surface area (Å²) in [6.45, 7) is 6.90. The summed E-state index contributed by atoms with van der Waals surface area (Å²) < 4.78 is 0. The summed E-state index contributed by atoms with van der Waals surface area (Å²) in [5.74, 6) is 0. The molecule has 1 atom stereocenters. The fourth-order valence-corrected chi connectivity index (χ4v) is 2.84. The van der Waals surface area contributed by atoms with Crippen LogP contribution in [0.15, 0.2) is 48.7 Å². The molecule has 0 saturated carbocycles. The predicted octanol–water partition coefficient (Wildman–Crippen LogP) is 4.73. The van der Waals surface area contributed by atoms with E-state index in [1.807, 2.05) is 18.3 Å². The van der Waals surface area contributed by atoms with Crippen molar-refractivity contribution in [1.82, 2.24) is 4.98 Å². The van der Waals surface area contributed by atoms with E-state index in [9.17, 15) is 0 Å². The van der Waals surface area contributed by atoms with Gasteiger partial charge in [0.15, 0.2) is 0 Å². The van der Waals surface area contributed by atoms with Crippen molar-refractivity contribution < 1.29 is 0 Å². The average molecular weight is 257 g/mol. The third kappa shape index (κ3) is 3.65. The van der Waals surface area contributed by atoms with E-state index in [2.05, 4.69) is 56.1 Å². The molecule has 0 aliphatic rings. The fraction of sp³-hybridized carbons (Fsp3) is 0.312. The van der Waals surface area contributed by atoms with Gasteiger partial charge in [-0.05, 0) is 29.0 Å². The van der Waals surface area contributed by atoms with Crippen molar-refractivity contribution in [2.24, 2.45) is 0 Å². The molecule has 94 valence electrons. The van der Waals surface area contributed by atoms with Crippen molar-refractivity contribution >= 4 is 8.58 Å². The second-order valence-electron chi connectivity index (χ2n) is 5.48. The molecule has 1 unspecified atom stereocenters. The second-order valence-corrected chi connectivity index (χ2v) is 7.68. The van der Waals surface area contributed by atoms with E-state index in [1.165, 1.54) is 11.1 Å². The number of hydrogen-bond acceptors (Lipinski definition) is 1. The van der Waals surface area contributed by atoms with Gasteiger partial charge in [-0.2, -0.15) is 0 Å². The minimum absolute atomic E-state index is 0.400. The molecule has 0 fully saturated rings.